The molecule has 1 unspecified atom stereocenters. The van der Waals surface area contributed by atoms with E-state index in [2.05, 4.69) is 17.1 Å². The van der Waals surface area contributed by atoms with Crippen LogP contribution in [0.25, 0.3) is 0 Å². The fourth-order valence-electron chi connectivity index (χ4n) is 2.32. The molecule has 1 atom stereocenters. The van der Waals surface area contributed by atoms with Crippen molar-refractivity contribution >= 4 is 11.4 Å². The second-order valence-corrected chi connectivity index (χ2v) is 4.21. The zero-order valence-electron chi connectivity index (χ0n) is 9.93. The van der Waals surface area contributed by atoms with E-state index >= 15 is 0 Å². The first-order chi connectivity index (χ1) is 8.22. The van der Waals surface area contributed by atoms with E-state index in [0.29, 0.717) is 6.04 Å². The van der Waals surface area contributed by atoms with E-state index in [0.717, 1.165) is 31.7 Å². The standard InChI is InChI=1S/C12H17N3O2/c1-2-14(12-7-8-13-9-12)10-3-5-11(6-4-10)15(16)17/h3-6,12-13H,2,7-9H2,1H3. The average molecular weight is 235 g/mol. The van der Waals surface area contributed by atoms with Crippen molar-refractivity contribution in [3.63, 3.8) is 0 Å². The van der Waals surface area contributed by atoms with Crippen molar-refractivity contribution in [2.45, 2.75) is 19.4 Å². The van der Waals surface area contributed by atoms with Gasteiger partial charge in [0.05, 0.1) is 4.92 Å². The predicted octanol–water partition coefficient (Wildman–Crippen LogP) is 1.78. The van der Waals surface area contributed by atoms with Crippen molar-refractivity contribution in [2.75, 3.05) is 24.5 Å². The number of rotatable bonds is 4. The van der Waals surface area contributed by atoms with E-state index in [-0.39, 0.29) is 10.6 Å². The number of hydrogen-bond donors (Lipinski definition) is 1. The molecule has 0 spiro atoms. The largest absolute Gasteiger partial charge is 0.367 e. The van der Waals surface area contributed by atoms with Gasteiger partial charge in [0.1, 0.15) is 0 Å². The average Bonchev–Trinajstić information content (AvgIpc) is 2.84. The molecule has 0 aromatic heterocycles. The highest BCUT2D eigenvalue weighted by Crippen LogP contribution is 2.22. The summed E-state index contributed by atoms with van der Waals surface area (Å²) in [5.74, 6) is 0. The lowest BCUT2D eigenvalue weighted by Crippen LogP contribution is -2.36. The van der Waals surface area contributed by atoms with E-state index in [1.165, 1.54) is 0 Å². The first-order valence-corrected chi connectivity index (χ1v) is 5.94. The highest BCUT2D eigenvalue weighted by molar-refractivity contribution is 5.51. The molecular weight excluding hydrogens is 218 g/mol. The third-order valence-electron chi connectivity index (χ3n) is 3.21. The highest BCUT2D eigenvalue weighted by atomic mass is 16.6. The Labute approximate surface area is 101 Å². The van der Waals surface area contributed by atoms with Gasteiger partial charge in [-0.1, -0.05) is 0 Å². The van der Waals surface area contributed by atoms with Gasteiger partial charge in [-0.3, -0.25) is 10.1 Å². The predicted molar refractivity (Wildman–Crippen MR) is 67.4 cm³/mol. The van der Waals surface area contributed by atoms with Gasteiger partial charge in [0.2, 0.25) is 0 Å². The van der Waals surface area contributed by atoms with Crippen molar-refractivity contribution in [2.24, 2.45) is 0 Å². The SMILES string of the molecule is CCN(c1ccc([N+](=O)[O-])cc1)C1CCNC1. The lowest BCUT2D eigenvalue weighted by atomic mass is 10.2. The maximum absolute atomic E-state index is 10.6. The number of hydrogen-bond acceptors (Lipinski definition) is 4. The molecule has 1 aromatic carbocycles. The Balaban J connectivity index is 2.16. The summed E-state index contributed by atoms with van der Waals surface area (Å²) in [6, 6.07) is 7.31. The Kier molecular flexibility index (Phi) is 3.58. The zero-order chi connectivity index (χ0) is 12.3. The van der Waals surface area contributed by atoms with E-state index < -0.39 is 0 Å². The van der Waals surface area contributed by atoms with Gasteiger partial charge in [-0.05, 0) is 32.0 Å². The van der Waals surface area contributed by atoms with Gasteiger partial charge in [-0.15, -0.1) is 0 Å². The molecule has 5 nitrogen and oxygen atoms in total. The van der Waals surface area contributed by atoms with Gasteiger partial charge >= 0.3 is 0 Å². The van der Waals surface area contributed by atoms with E-state index in [9.17, 15) is 10.1 Å². The van der Waals surface area contributed by atoms with Crippen molar-refractivity contribution in [1.82, 2.24) is 5.32 Å². The third kappa shape index (κ3) is 2.55. The Hall–Kier alpha value is -1.62. The maximum Gasteiger partial charge on any atom is 0.269 e. The van der Waals surface area contributed by atoms with Crippen molar-refractivity contribution in [3.8, 4) is 0 Å². The van der Waals surface area contributed by atoms with E-state index in [1.807, 2.05) is 12.1 Å². The summed E-state index contributed by atoms with van der Waals surface area (Å²) in [6.45, 7) is 5.07. The molecule has 17 heavy (non-hydrogen) atoms. The molecule has 1 saturated heterocycles. The van der Waals surface area contributed by atoms with Crippen LogP contribution in [0.4, 0.5) is 11.4 Å². The molecule has 1 aliphatic rings. The summed E-state index contributed by atoms with van der Waals surface area (Å²) >= 11 is 0. The third-order valence-corrected chi connectivity index (χ3v) is 3.21. The minimum atomic E-state index is -0.364. The van der Waals surface area contributed by atoms with E-state index in [1.54, 1.807) is 12.1 Å². The molecule has 1 heterocycles. The normalized spacial score (nSPS) is 19.2. The molecule has 0 bridgehead atoms. The smallest absolute Gasteiger partial charge is 0.269 e. The van der Waals surface area contributed by atoms with Gasteiger partial charge in [0.15, 0.2) is 0 Å². The van der Waals surface area contributed by atoms with Crippen LogP contribution in [0.3, 0.4) is 0 Å². The molecule has 92 valence electrons. The Morgan fingerprint density at radius 1 is 1.47 bits per heavy atom. The molecule has 0 aliphatic carbocycles. The molecule has 1 fully saturated rings. The number of nitro benzene ring substituents is 1. The minimum Gasteiger partial charge on any atom is -0.367 e. The number of nitrogens with one attached hydrogen (secondary N) is 1. The lowest BCUT2D eigenvalue weighted by Gasteiger charge is -2.29. The number of anilines is 1. The topological polar surface area (TPSA) is 58.4 Å². The molecule has 0 amide bonds. The molecule has 0 radical (unpaired) electrons. The molecule has 5 heteroatoms. The number of nitrogens with zero attached hydrogens (tertiary/aromatic N) is 2. The second kappa shape index (κ2) is 5.14. The first kappa shape index (κ1) is 11.9. The van der Waals surface area contributed by atoms with Crippen LogP contribution in [0.5, 0.6) is 0 Å². The van der Waals surface area contributed by atoms with Gasteiger partial charge in [0, 0.05) is 37.0 Å². The molecule has 1 N–H and O–H groups in total. The summed E-state index contributed by atoms with van der Waals surface area (Å²) in [5.41, 5.74) is 1.21. The van der Waals surface area contributed by atoms with Gasteiger partial charge < -0.3 is 10.2 Å². The monoisotopic (exact) mass is 235 g/mol. The summed E-state index contributed by atoms with van der Waals surface area (Å²) < 4.78 is 0. The van der Waals surface area contributed by atoms with Crippen LogP contribution in [0, 0.1) is 10.1 Å². The van der Waals surface area contributed by atoms with Crippen LogP contribution in [-0.4, -0.2) is 30.6 Å². The Morgan fingerprint density at radius 2 is 2.18 bits per heavy atom. The quantitative estimate of drug-likeness (QED) is 0.638. The van der Waals surface area contributed by atoms with Crippen LogP contribution in [0.2, 0.25) is 0 Å². The Morgan fingerprint density at radius 3 is 2.65 bits per heavy atom. The first-order valence-electron chi connectivity index (χ1n) is 5.94. The van der Waals surface area contributed by atoms with Crippen LogP contribution < -0.4 is 10.2 Å². The van der Waals surface area contributed by atoms with Crippen molar-refractivity contribution in [3.05, 3.63) is 34.4 Å². The molecule has 0 saturated carbocycles. The molecule has 1 aromatic rings. The summed E-state index contributed by atoms with van der Waals surface area (Å²) in [7, 11) is 0. The van der Waals surface area contributed by atoms with Crippen LogP contribution >= 0.6 is 0 Å². The maximum atomic E-state index is 10.6. The summed E-state index contributed by atoms with van der Waals surface area (Å²) in [4.78, 5) is 12.5. The van der Waals surface area contributed by atoms with Crippen LogP contribution in [0.1, 0.15) is 13.3 Å². The second-order valence-electron chi connectivity index (χ2n) is 4.21. The van der Waals surface area contributed by atoms with Gasteiger partial charge in [-0.2, -0.15) is 0 Å². The molecule has 2 rings (SSSR count). The van der Waals surface area contributed by atoms with E-state index in [4.69, 9.17) is 0 Å². The van der Waals surface area contributed by atoms with Crippen molar-refractivity contribution < 1.29 is 4.92 Å². The molecular formula is C12H17N3O2. The van der Waals surface area contributed by atoms with Crippen molar-refractivity contribution in [1.29, 1.82) is 0 Å². The summed E-state index contributed by atoms with van der Waals surface area (Å²) in [5, 5.41) is 13.9. The fraction of sp³-hybridized carbons (Fsp3) is 0.500. The number of nitro groups is 1. The van der Waals surface area contributed by atoms with Gasteiger partial charge in [0.25, 0.3) is 5.69 Å². The zero-order valence-corrected chi connectivity index (χ0v) is 9.93. The van der Waals surface area contributed by atoms with Crippen LogP contribution in [0.15, 0.2) is 24.3 Å². The minimum absolute atomic E-state index is 0.148. The number of non-ortho nitro benzene ring substituents is 1. The molecule has 1 aliphatic heterocycles. The summed E-state index contributed by atoms with van der Waals surface area (Å²) in [6.07, 6.45) is 1.13. The number of likely N-dealkylation sites (N-methyl/N-ethyl adjacent to an activating group) is 1. The van der Waals surface area contributed by atoms with Gasteiger partial charge in [-0.25, -0.2) is 0 Å². The Bertz CT molecular complexity index is 385. The van der Waals surface area contributed by atoms with Crippen LogP contribution in [-0.2, 0) is 0 Å². The fourth-order valence-corrected chi connectivity index (χ4v) is 2.32. The lowest BCUT2D eigenvalue weighted by molar-refractivity contribution is -0.384. The number of benzene rings is 1. The highest BCUT2D eigenvalue weighted by Gasteiger charge is 2.21.